The maximum atomic E-state index is 12.0. The van der Waals surface area contributed by atoms with Crippen LogP contribution in [0.15, 0.2) is 48.6 Å². The fraction of sp³-hybridized carbons (Fsp3) is 0.143. The lowest BCUT2D eigenvalue weighted by Crippen LogP contribution is -2.02. The van der Waals surface area contributed by atoms with Crippen LogP contribution in [0.1, 0.15) is 17.5 Å². The van der Waals surface area contributed by atoms with E-state index in [0.29, 0.717) is 16.9 Å². The Morgan fingerprint density at radius 1 is 0.926 bits per heavy atom. The van der Waals surface area contributed by atoms with Crippen LogP contribution >= 0.6 is 0 Å². The smallest absolute Gasteiger partial charge is 0.167 e. The van der Waals surface area contributed by atoms with Gasteiger partial charge in [0.25, 0.3) is 0 Å². The summed E-state index contributed by atoms with van der Waals surface area (Å²) < 4.78 is 10.0. The van der Waals surface area contributed by atoms with Crippen molar-refractivity contribution in [2.45, 2.75) is 6.42 Å². The monoisotopic (exact) mass is 368 g/mol. The van der Waals surface area contributed by atoms with Crippen molar-refractivity contribution in [3.63, 3.8) is 0 Å². The molecule has 0 aliphatic carbocycles. The van der Waals surface area contributed by atoms with Gasteiger partial charge in [-0.25, -0.2) is 0 Å². The van der Waals surface area contributed by atoms with E-state index < -0.39 is 0 Å². The fourth-order valence-corrected chi connectivity index (χ4v) is 2.37. The molecule has 0 saturated carbocycles. The van der Waals surface area contributed by atoms with Crippen LogP contribution < -0.4 is 9.47 Å². The lowest BCUT2D eigenvalue weighted by molar-refractivity contribution is -0.121. The molecule has 0 aliphatic rings. The molecule has 0 aromatic heterocycles. The third-order valence-electron chi connectivity index (χ3n) is 3.69. The standard InChI is InChI=1S/C21H20O6/c1-26-20-11-7-14(12-19(20)25)6-9-16(22)13-17(23)10-8-15-4-3-5-18(24)21(15)27-2/h3-12,24-25H,13H2,1-2H3/b9-6+,10-8+. The zero-order valence-electron chi connectivity index (χ0n) is 15.0. The van der Waals surface area contributed by atoms with E-state index in [1.807, 2.05) is 0 Å². The van der Waals surface area contributed by atoms with Gasteiger partial charge in [0.1, 0.15) is 0 Å². The minimum atomic E-state index is -0.382. The predicted molar refractivity (Wildman–Crippen MR) is 102 cm³/mol. The molecule has 6 nitrogen and oxygen atoms in total. The van der Waals surface area contributed by atoms with E-state index in [-0.39, 0.29) is 35.2 Å². The molecule has 2 aromatic carbocycles. The maximum Gasteiger partial charge on any atom is 0.167 e. The van der Waals surface area contributed by atoms with Crippen molar-refractivity contribution in [1.82, 2.24) is 0 Å². The molecule has 140 valence electrons. The average Bonchev–Trinajstić information content (AvgIpc) is 2.65. The number of ketones is 2. The summed E-state index contributed by atoms with van der Waals surface area (Å²) in [7, 11) is 2.86. The van der Waals surface area contributed by atoms with Crippen LogP contribution in [0.4, 0.5) is 0 Å². The van der Waals surface area contributed by atoms with Crippen molar-refractivity contribution in [3.8, 4) is 23.0 Å². The molecule has 6 heteroatoms. The molecule has 2 N–H and O–H groups in total. The molecule has 0 bridgehead atoms. The number of phenolic OH excluding ortho intramolecular Hbond substituents is 2. The quantitative estimate of drug-likeness (QED) is 0.548. The Labute approximate surface area is 157 Å². The van der Waals surface area contributed by atoms with Crippen LogP contribution in [0.3, 0.4) is 0 Å². The van der Waals surface area contributed by atoms with Gasteiger partial charge in [-0.2, -0.15) is 0 Å². The first-order chi connectivity index (χ1) is 12.9. The second kappa shape index (κ2) is 9.24. The second-order valence-electron chi connectivity index (χ2n) is 5.61. The van der Waals surface area contributed by atoms with Gasteiger partial charge in [-0.15, -0.1) is 0 Å². The van der Waals surface area contributed by atoms with Gasteiger partial charge in [0, 0.05) is 5.56 Å². The van der Waals surface area contributed by atoms with E-state index >= 15 is 0 Å². The fourth-order valence-electron chi connectivity index (χ4n) is 2.37. The Bertz CT molecular complexity index is 896. The van der Waals surface area contributed by atoms with Crippen LogP contribution in [-0.2, 0) is 9.59 Å². The largest absolute Gasteiger partial charge is 0.504 e. The van der Waals surface area contributed by atoms with E-state index in [0.717, 1.165) is 0 Å². The summed E-state index contributed by atoms with van der Waals surface area (Å²) in [5.41, 5.74) is 1.14. The average molecular weight is 368 g/mol. The van der Waals surface area contributed by atoms with E-state index in [2.05, 4.69) is 0 Å². The number of hydrogen-bond acceptors (Lipinski definition) is 6. The summed E-state index contributed by atoms with van der Waals surface area (Å²) in [5.74, 6) is -0.233. The van der Waals surface area contributed by atoms with Crippen molar-refractivity contribution >= 4 is 23.7 Å². The third-order valence-corrected chi connectivity index (χ3v) is 3.69. The van der Waals surface area contributed by atoms with Gasteiger partial charge >= 0.3 is 0 Å². The molecule has 27 heavy (non-hydrogen) atoms. The maximum absolute atomic E-state index is 12.0. The number of benzene rings is 2. The van der Waals surface area contributed by atoms with Crippen molar-refractivity contribution < 1.29 is 29.3 Å². The number of carbonyl (C=O) groups excluding carboxylic acids is 2. The molecule has 0 unspecified atom stereocenters. The first-order valence-corrected chi connectivity index (χ1v) is 8.09. The van der Waals surface area contributed by atoms with E-state index in [1.165, 1.54) is 50.7 Å². The number of para-hydroxylation sites is 1. The van der Waals surface area contributed by atoms with Crippen LogP contribution in [0, 0.1) is 0 Å². The highest BCUT2D eigenvalue weighted by Crippen LogP contribution is 2.30. The van der Waals surface area contributed by atoms with Crippen LogP contribution in [0.2, 0.25) is 0 Å². The molecule has 0 spiro atoms. The van der Waals surface area contributed by atoms with Crippen LogP contribution in [0.25, 0.3) is 12.2 Å². The topological polar surface area (TPSA) is 93.1 Å². The molecule has 2 rings (SSSR count). The molecule has 0 atom stereocenters. The van der Waals surface area contributed by atoms with Gasteiger partial charge < -0.3 is 19.7 Å². The number of carbonyl (C=O) groups is 2. The summed E-state index contributed by atoms with van der Waals surface area (Å²) in [6.07, 6.45) is 5.25. The van der Waals surface area contributed by atoms with Gasteiger partial charge in [-0.05, 0) is 42.0 Å². The molecule has 0 saturated heterocycles. The SMILES string of the molecule is COc1ccc(/C=C/C(=O)CC(=O)/C=C/c2cccc(O)c2OC)cc1O. The Balaban J connectivity index is 1.98. The lowest BCUT2D eigenvalue weighted by atomic mass is 10.1. The Kier molecular flexibility index (Phi) is 6.77. The zero-order chi connectivity index (χ0) is 19.8. The summed E-state index contributed by atoms with van der Waals surface area (Å²) in [6.45, 7) is 0. The van der Waals surface area contributed by atoms with E-state index in [1.54, 1.807) is 24.3 Å². The highest BCUT2D eigenvalue weighted by Gasteiger charge is 2.07. The highest BCUT2D eigenvalue weighted by atomic mass is 16.5. The summed E-state index contributed by atoms with van der Waals surface area (Å²) in [5, 5.41) is 19.4. The van der Waals surface area contributed by atoms with Gasteiger partial charge in [-0.1, -0.05) is 24.3 Å². The van der Waals surface area contributed by atoms with Gasteiger partial charge in [0.05, 0.1) is 20.6 Å². The van der Waals surface area contributed by atoms with Crippen LogP contribution in [0.5, 0.6) is 23.0 Å². The number of methoxy groups -OCH3 is 2. The summed E-state index contributed by atoms with van der Waals surface area (Å²) >= 11 is 0. The lowest BCUT2D eigenvalue weighted by Gasteiger charge is -2.06. The van der Waals surface area contributed by atoms with Gasteiger partial charge in [0.2, 0.25) is 0 Å². The van der Waals surface area contributed by atoms with Crippen molar-refractivity contribution in [1.29, 1.82) is 0 Å². The first-order valence-electron chi connectivity index (χ1n) is 8.09. The minimum Gasteiger partial charge on any atom is -0.504 e. The van der Waals surface area contributed by atoms with Gasteiger partial charge in [-0.3, -0.25) is 9.59 Å². The number of ether oxygens (including phenoxy) is 2. The Hall–Kier alpha value is -3.54. The Morgan fingerprint density at radius 3 is 2.26 bits per heavy atom. The molecule has 2 aromatic rings. The zero-order valence-corrected chi connectivity index (χ0v) is 15.0. The summed E-state index contributed by atoms with van der Waals surface area (Å²) in [6, 6.07) is 9.50. The van der Waals surface area contributed by atoms with Crippen LogP contribution in [-0.4, -0.2) is 36.0 Å². The number of aromatic hydroxyl groups is 2. The molecule has 0 aliphatic heterocycles. The highest BCUT2D eigenvalue weighted by molar-refractivity contribution is 6.11. The van der Waals surface area contributed by atoms with Gasteiger partial charge in [0.15, 0.2) is 34.6 Å². The van der Waals surface area contributed by atoms with Crippen molar-refractivity contribution in [2.75, 3.05) is 14.2 Å². The van der Waals surface area contributed by atoms with E-state index in [9.17, 15) is 19.8 Å². The molecular formula is C21H20O6. The number of rotatable bonds is 8. The predicted octanol–water partition coefficient (Wildman–Crippen LogP) is 3.37. The third kappa shape index (κ3) is 5.47. The number of allylic oxidation sites excluding steroid dienone is 2. The van der Waals surface area contributed by atoms with Crippen molar-refractivity contribution in [3.05, 3.63) is 59.7 Å². The van der Waals surface area contributed by atoms with Crippen molar-refractivity contribution in [2.24, 2.45) is 0 Å². The molecule has 0 amide bonds. The number of phenols is 2. The summed E-state index contributed by atoms with van der Waals surface area (Å²) in [4.78, 5) is 23.9. The first kappa shape index (κ1) is 19.8. The Morgan fingerprint density at radius 2 is 1.63 bits per heavy atom. The minimum absolute atomic E-state index is 0.0335. The normalized spacial score (nSPS) is 11.0. The molecule has 0 fully saturated rings. The second-order valence-corrected chi connectivity index (χ2v) is 5.61. The molecular weight excluding hydrogens is 348 g/mol. The molecule has 0 heterocycles. The molecule has 0 radical (unpaired) electrons. The van der Waals surface area contributed by atoms with E-state index in [4.69, 9.17) is 9.47 Å². The number of hydrogen-bond donors (Lipinski definition) is 2.